The van der Waals surface area contributed by atoms with Crippen LogP contribution < -0.4 is 5.32 Å². The van der Waals surface area contributed by atoms with E-state index in [2.05, 4.69) is 125 Å². The van der Waals surface area contributed by atoms with Crippen molar-refractivity contribution in [3.63, 3.8) is 0 Å². The Balaban J connectivity index is 0.000000193. The molecule has 10 nitrogen and oxygen atoms in total. The first-order valence-corrected chi connectivity index (χ1v) is 32.6. The molecular formula is C76H95BrN2O8. The molecule has 0 aromatic heterocycles. The van der Waals surface area contributed by atoms with E-state index >= 15 is 0 Å². The molecule has 0 radical (unpaired) electrons. The SMILES string of the molecule is CC(C)(C)OC(=O)C1(c2ccc(CBr)cc2)CCCC1.C[C@@H](Cc1ccc(C2(C(=O)OC(C)(C)C)CCCC2)cc1)N=C(c1ccccc1)c1ccccc1.C[C@@H](Cc1ccc(C2(C(=O)OC(C)(C)C)CCCC2)cc1)NC(=O)OCc1ccccc1. The highest BCUT2D eigenvalue weighted by molar-refractivity contribution is 9.08. The molecule has 9 rings (SSSR count). The van der Waals surface area contributed by atoms with Gasteiger partial charge in [0.15, 0.2) is 0 Å². The second-order valence-corrected chi connectivity index (χ2v) is 27.7. The topological polar surface area (TPSA) is 130 Å². The van der Waals surface area contributed by atoms with E-state index in [9.17, 15) is 19.2 Å². The van der Waals surface area contributed by atoms with Gasteiger partial charge in [0.05, 0.1) is 28.0 Å². The van der Waals surface area contributed by atoms with E-state index in [1.165, 1.54) is 11.1 Å². The number of carbonyl (C=O) groups excluding carboxylic acids is 4. The Labute approximate surface area is 528 Å². The number of carbonyl (C=O) groups is 4. The summed E-state index contributed by atoms with van der Waals surface area (Å²) in [6.45, 7) is 21.7. The molecule has 2 atom stereocenters. The molecule has 0 saturated heterocycles. The van der Waals surface area contributed by atoms with Crippen LogP contribution in [-0.4, -0.2) is 58.6 Å². The molecule has 464 valence electrons. The number of halogens is 1. The number of benzene rings is 6. The first-order chi connectivity index (χ1) is 41.3. The Hall–Kier alpha value is -6.85. The van der Waals surface area contributed by atoms with Gasteiger partial charge in [0, 0.05) is 22.5 Å². The fourth-order valence-corrected chi connectivity index (χ4v) is 12.6. The first kappa shape index (κ1) is 67.7. The molecule has 3 aliphatic rings. The molecule has 0 unspecified atom stereocenters. The molecule has 3 aliphatic carbocycles. The number of alkyl halides is 1. The molecule has 0 heterocycles. The van der Waals surface area contributed by atoms with Crippen LogP contribution in [0.2, 0.25) is 0 Å². The fraction of sp³-hybridized carbons (Fsp3) is 0.461. The quantitative estimate of drug-likeness (QED) is 0.0414. The second kappa shape index (κ2) is 30.4. The zero-order valence-electron chi connectivity index (χ0n) is 53.6. The van der Waals surface area contributed by atoms with Gasteiger partial charge in [-0.05, 0) is 166 Å². The van der Waals surface area contributed by atoms with Crippen LogP contribution in [0.1, 0.15) is 203 Å². The van der Waals surface area contributed by atoms with Crippen molar-refractivity contribution in [3.05, 3.63) is 214 Å². The lowest BCUT2D eigenvalue weighted by atomic mass is 9.78. The molecule has 3 saturated carbocycles. The minimum absolute atomic E-state index is 0.0610. The van der Waals surface area contributed by atoms with E-state index in [1.807, 2.05) is 136 Å². The number of aliphatic imine (C=N–C) groups is 1. The molecule has 6 aromatic rings. The van der Waals surface area contributed by atoms with Gasteiger partial charge in [-0.2, -0.15) is 0 Å². The van der Waals surface area contributed by atoms with Gasteiger partial charge in [0.1, 0.15) is 23.4 Å². The summed E-state index contributed by atoms with van der Waals surface area (Å²) in [5.74, 6) is -0.260. The Kier molecular flexibility index (Phi) is 23.6. The van der Waals surface area contributed by atoms with E-state index in [0.29, 0.717) is 6.42 Å². The van der Waals surface area contributed by atoms with Gasteiger partial charge in [-0.3, -0.25) is 19.4 Å². The summed E-state index contributed by atoms with van der Waals surface area (Å²) >= 11 is 3.46. The van der Waals surface area contributed by atoms with Crippen molar-refractivity contribution in [2.45, 2.75) is 223 Å². The number of esters is 3. The highest BCUT2D eigenvalue weighted by Gasteiger charge is 2.48. The Bertz CT molecular complexity index is 3120. The lowest BCUT2D eigenvalue weighted by Crippen LogP contribution is -2.39. The van der Waals surface area contributed by atoms with Crippen molar-refractivity contribution >= 4 is 45.6 Å². The third-order valence-corrected chi connectivity index (χ3v) is 17.2. The lowest BCUT2D eigenvalue weighted by Gasteiger charge is -2.31. The Morgan fingerprint density at radius 2 is 0.770 bits per heavy atom. The third kappa shape index (κ3) is 19.3. The van der Waals surface area contributed by atoms with E-state index in [4.69, 9.17) is 23.9 Å². The van der Waals surface area contributed by atoms with Crippen molar-refractivity contribution in [1.82, 2.24) is 5.32 Å². The first-order valence-electron chi connectivity index (χ1n) is 31.5. The maximum Gasteiger partial charge on any atom is 0.407 e. The van der Waals surface area contributed by atoms with Crippen LogP contribution in [0.15, 0.2) is 169 Å². The highest BCUT2D eigenvalue weighted by Crippen LogP contribution is 2.46. The highest BCUT2D eigenvalue weighted by atomic mass is 79.9. The molecular weight excluding hydrogens is 1150 g/mol. The molecule has 0 bridgehead atoms. The van der Waals surface area contributed by atoms with Crippen molar-refractivity contribution in [2.75, 3.05) is 0 Å². The number of hydrogen-bond donors (Lipinski definition) is 1. The minimum atomic E-state index is -0.545. The van der Waals surface area contributed by atoms with Gasteiger partial charge < -0.3 is 24.3 Å². The van der Waals surface area contributed by atoms with Crippen LogP contribution in [0, 0.1) is 0 Å². The molecule has 1 amide bonds. The average molecular weight is 1240 g/mol. The number of rotatable bonds is 17. The number of nitrogens with one attached hydrogen (secondary N) is 1. The summed E-state index contributed by atoms with van der Waals surface area (Å²) in [5.41, 5.74) is 8.10. The number of hydrogen-bond acceptors (Lipinski definition) is 9. The zero-order chi connectivity index (χ0) is 62.9. The maximum absolute atomic E-state index is 13.2. The van der Waals surface area contributed by atoms with Gasteiger partial charge in [-0.25, -0.2) is 4.79 Å². The van der Waals surface area contributed by atoms with E-state index in [0.717, 1.165) is 133 Å². The zero-order valence-corrected chi connectivity index (χ0v) is 55.2. The predicted octanol–water partition coefficient (Wildman–Crippen LogP) is 17.7. The maximum atomic E-state index is 13.2. The van der Waals surface area contributed by atoms with Gasteiger partial charge in [-0.15, -0.1) is 0 Å². The Morgan fingerprint density at radius 3 is 1.10 bits per heavy atom. The van der Waals surface area contributed by atoms with E-state index < -0.39 is 39.1 Å². The fourth-order valence-electron chi connectivity index (χ4n) is 12.2. The molecule has 3 fully saturated rings. The molecule has 0 spiro atoms. The van der Waals surface area contributed by atoms with Gasteiger partial charge in [0.25, 0.3) is 0 Å². The average Bonchev–Trinajstić information content (AvgIpc) is 2.27. The minimum Gasteiger partial charge on any atom is -0.459 e. The molecule has 87 heavy (non-hydrogen) atoms. The molecule has 1 N–H and O–H groups in total. The van der Waals surface area contributed by atoms with Crippen LogP contribution >= 0.6 is 15.9 Å². The number of ether oxygens (including phenoxy) is 4. The summed E-state index contributed by atoms with van der Waals surface area (Å²) < 4.78 is 22.6. The van der Waals surface area contributed by atoms with Gasteiger partial charge >= 0.3 is 24.0 Å². The van der Waals surface area contributed by atoms with Crippen LogP contribution in [0.3, 0.4) is 0 Å². The van der Waals surface area contributed by atoms with Crippen molar-refractivity contribution in [2.24, 2.45) is 4.99 Å². The number of nitrogens with zero attached hydrogens (tertiary/aromatic N) is 1. The van der Waals surface area contributed by atoms with E-state index in [1.54, 1.807) is 0 Å². The third-order valence-electron chi connectivity index (χ3n) is 16.5. The molecule has 11 heteroatoms. The largest absolute Gasteiger partial charge is 0.459 e. The van der Waals surface area contributed by atoms with Crippen molar-refractivity contribution < 1.29 is 38.1 Å². The summed E-state index contributed by atoms with van der Waals surface area (Å²) in [5, 5.41) is 3.72. The summed E-state index contributed by atoms with van der Waals surface area (Å²) in [6, 6.07) is 55.6. The van der Waals surface area contributed by atoms with Crippen LogP contribution in [0.5, 0.6) is 0 Å². The van der Waals surface area contributed by atoms with Gasteiger partial charge in [0.2, 0.25) is 0 Å². The predicted molar refractivity (Wildman–Crippen MR) is 355 cm³/mol. The summed E-state index contributed by atoms with van der Waals surface area (Å²) in [6.07, 6.45) is 12.7. The Morgan fingerprint density at radius 1 is 0.448 bits per heavy atom. The lowest BCUT2D eigenvalue weighted by molar-refractivity contribution is -0.163. The number of alkyl carbamates (subject to hydrolysis) is 1. The van der Waals surface area contributed by atoms with Gasteiger partial charge in [-0.1, -0.05) is 218 Å². The monoisotopic (exact) mass is 1240 g/mol. The van der Waals surface area contributed by atoms with Crippen LogP contribution in [-0.2, 0) is 74.4 Å². The van der Waals surface area contributed by atoms with E-state index in [-0.39, 0.29) is 36.6 Å². The number of amides is 1. The van der Waals surface area contributed by atoms with Crippen molar-refractivity contribution in [3.8, 4) is 0 Å². The van der Waals surface area contributed by atoms with Crippen molar-refractivity contribution in [1.29, 1.82) is 0 Å². The molecule has 6 aromatic carbocycles. The standard InChI is InChI=1S/C32H37NO2.C27H35NO4.C17H23BrO2/c1-24(33-29(26-13-7-5-8-14-26)27-15-9-6-10-16-27)23-25-17-19-28(20-18-25)32(21-11-12-22-32)30(34)35-31(2,3)4;1-20(28-25(30)31-19-22-10-6-5-7-11-22)18-21-12-14-23(15-13-21)27(16-8-9-17-27)24(29)32-26(2,3)4;1-16(2,3)20-15(19)17(10-4-5-11-17)14-8-6-13(12-18)7-9-14/h5-10,13-20,24H,11-12,21-23H2,1-4H3;5-7,10-15,20H,8-9,16-19H2,1-4H3,(H,28,30);6-9H,4-5,10-12H2,1-3H3/t24-;20-;/m00./s1. The summed E-state index contributed by atoms with van der Waals surface area (Å²) in [7, 11) is 0. The molecule has 0 aliphatic heterocycles. The van der Waals surface area contributed by atoms with Crippen LogP contribution in [0.4, 0.5) is 4.79 Å². The summed E-state index contributed by atoms with van der Waals surface area (Å²) in [4.78, 5) is 56.2. The second-order valence-electron chi connectivity index (χ2n) is 27.2. The normalized spacial score (nSPS) is 16.5. The van der Waals surface area contributed by atoms with Crippen LogP contribution in [0.25, 0.3) is 0 Å². The smallest absolute Gasteiger partial charge is 0.407 e.